The summed E-state index contributed by atoms with van der Waals surface area (Å²) in [6, 6.07) is 10.2. The highest BCUT2D eigenvalue weighted by Crippen LogP contribution is 2.09. The van der Waals surface area contributed by atoms with Crippen molar-refractivity contribution in [2.45, 2.75) is 0 Å². The second-order valence-electron chi connectivity index (χ2n) is 2.22. The van der Waals surface area contributed by atoms with Crippen molar-refractivity contribution in [3.8, 4) is 0 Å². The Bertz CT molecular complexity index is 279. The molecule has 0 spiro atoms. The van der Waals surface area contributed by atoms with E-state index in [-0.39, 0.29) is 6.15 Å². The van der Waals surface area contributed by atoms with Gasteiger partial charge in [0.2, 0.25) is 0 Å². The summed E-state index contributed by atoms with van der Waals surface area (Å²) in [7, 11) is 0. The Morgan fingerprint density at radius 2 is 1.64 bits per heavy atom. The molecular weight excluding hydrogens is 136 g/mol. The number of fused-ring (bicyclic) bond motifs is 1. The second kappa shape index (κ2) is 3.12. The van der Waals surface area contributed by atoms with E-state index in [0.29, 0.717) is 0 Å². The lowest BCUT2D eigenvalue weighted by Crippen LogP contribution is -1.71. The Kier molecular flexibility index (Phi) is 2.18. The van der Waals surface area contributed by atoms with Gasteiger partial charge in [-0.1, -0.05) is 24.3 Å². The fourth-order valence-electron chi connectivity index (χ4n) is 1.03. The number of rotatable bonds is 0. The monoisotopic (exact) mass is 143 g/mol. The molecule has 1 heterocycles. The van der Waals surface area contributed by atoms with E-state index in [1.54, 1.807) is 0 Å². The van der Waals surface area contributed by atoms with Crippen LogP contribution in [0.15, 0.2) is 42.7 Å². The summed E-state index contributed by atoms with van der Waals surface area (Å²) < 4.78 is 0. The van der Waals surface area contributed by atoms with Crippen molar-refractivity contribution in [3.05, 3.63) is 42.7 Å². The molecule has 2 heteroatoms. The Labute approximate surface area is 65.5 Å². The largest absolute Gasteiger partial charge is 0.264 e. The highest BCUT2D eigenvalue weighted by atomic mass is 14.6. The zero-order chi connectivity index (χ0) is 6.81. The van der Waals surface area contributed by atoms with Gasteiger partial charge in [-0.2, -0.15) is 0 Å². The van der Waals surface area contributed by atoms with Crippen LogP contribution in [-0.2, 0) is 0 Å². The summed E-state index contributed by atoms with van der Waals surface area (Å²) >= 11 is 0. The van der Waals surface area contributed by atoms with Crippen LogP contribution in [0.2, 0.25) is 0 Å². The van der Waals surface area contributed by atoms with E-state index in [2.05, 4.69) is 17.1 Å². The Morgan fingerprint density at radius 3 is 2.36 bits per heavy atom. The van der Waals surface area contributed by atoms with Crippen LogP contribution in [0.4, 0.5) is 0 Å². The third-order valence-electron chi connectivity index (χ3n) is 1.55. The first kappa shape index (κ1) is 7.69. The van der Waals surface area contributed by atoms with Crippen LogP contribution in [0, 0.1) is 0 Å². The number of hydrogen-bond acceptors (Lipinski definition) is 1. The molecule has 0 N–H and O–H groups in total. The predicted molar refractivity (Wildman–Crippen MR) is 43.9 cm³/mol. The standard InChI is InChI=1S/C9H7N.N/c1-2-4-9-7-10-6-5-8(9)3-1;/h1-7H;. The second-order valence-corrected chi connectivity index (χ2v) is 2.22. The molecule has 0 aliphatic carbocycles. The van der Waals surface area contributed by atoms with Crippen LogP contribution in [-0.4, -0.2) is 4.98 Å². The molecule has 2 nitrogen and oxygen atoms in total. The first-order valence-electron chi connectivity index (χ1n) is 3.25. The van der Waals surface area contributed by atoms with E-state index >= 15 is 0 Å². The SMILES string of the molecule is [N].c1ccc2cnccc2c1. The summed E-state index contributed by atoms with van der Waals surface area (Å²) in [6.07, 6.45) is 3.68. The summed E-state index contributed by atoms with van der Waals surface area (Å²) in [4.78, 5) is 4.01. The van der Waals surface area contributed by atoms with Crippen molar-refractivity contribution in [1.29, 1.82) is 0 Å². The van der Waals surface area contributed by atoms with Crippen LogP contribution < -0.4 is 6.15 Å². The molecule has 0 saturated heterocycles. The molecule has 3 radical (unpaired) electrons. The summed E-state index contributed by atoms with van der Waals surface area (Å²) in [5.41, 5.74) is 0. The highest BCUT2D eigenvalue weighted by molar-refractivity contribution is 5.80. The molecule has 11 heavy (non-hydrogen) atoms. The van der Waals surface area contributed by atoms with Crippen LogP contribution in [0.1, 0.15) is 0 Å². The van der Waals surface area contributed by atoms with Crippen molar-refractivity contribution in [1.82, 2.24) is 11.1 Å². The van der Waals surface area contributed by atoms with E-state index in [0.717, 1.165) is 0 Å². The van der Waals surface area contributed by atoms with Gasteiger partial charge in [-0.05, 0) is 16.8 Å². The quantitative estimate of drug-likeness (QED) is 0.554. The lowest BCUT2D eigenvalue weighted by molar-refractivity contribution is 1.36. The highest BCUT2D eigenvalue weighted by Gasteiger charge is 1.86. The van der Waals surface area contributed by atoms with Crippen molar-refractivity contribution in [3.63, 3.8) is 0 Å². The van der Waals surface area contributed by atoms with Gasteiger partial charge < -0.3 is 0 Å². The van der Waals surface area contributed by atoms with Gasteiger partial charge in [-0.25, -0.2) is 0 Å². The normalized spacial score (nSPS) is 9.09. The fourth-order valence-corrected chi connectivity index (χ4v) is 1.03. The van der Waals surface area contributed by atoms with Crippen molar-refractivity contribution in [2.75, 3.05) is 0 Å². The molecule has 0 saturated carbocycles. The maximum atomic E-state index is 4.01. The van der Waals surface area contributed by atoms with Crippen molar-refractivity contribution >= 4 is 10.8 Å². The van der Waals surface area contributed by atoms with Crippen LogP contribution in [0.5, 0.6) is 0 Å². The van der Waals surface area contributed by atoms with Gasteiger partial charge in [0.25, 0.3) is 0 Å². The fraction of sp³-hybridized carbons (Fsp3) is 0. The van der Waals surface area contributed by atoms with Gasteiger partial charge in [-0.15, -0.1) is 0 Å². The smallest absolute Gasteiger partial charge is 0.0346 e. The zero-order valence-corrected chi connectivity index (χ0v) is 5.94. The molecular formula is C9H7N2. The molecule has 1 aromatic carbocycles. The minimum atomic E-state index is 0. The molecule has 0 amide bonds. The third kappa shape index (κ3) is 1.36. The summed E-state index contributed by atoms with van der Waals surface area (Å²) in [5.74, 6) is 0. The number of hydrogen-bond donors (Lipinski definition) is 0. The van der Waals surface area contributed by atoms with Crippen molar-refractivity contribution in [2.24, 2.45) is 0 Å². The van der Waals surface area contributed by atoms with Crippen LogP contribution >= 0.6 is 0 Å². The van der Waals surface area contributed by atoms with Crippen LogP contribution in [0.3, 0.4) is 0 Å². The van der Waals surface area contributed by atoms with E-state index < -0.39 is 0 Å². The van der Waals surface area contributed by atoms with Gasteiger partial charge in [0.05, 0.1) is 0 Å². The lowest BCUT2D eigenvalue weighted by atomic mass is 10.2. The number of benzene rings is 1. The minimum absolute atomic E-state index is 0. The van der Waals surface area contributed by atoms with E-state index in [4.69, 9.17) is 0 Å². The third-order valence-corrected chi connectivity index (χ3v) is 1.55. The van der Waals surface area contributed by atoms with Gasteiger partial charge in [-0.3, -0.25) is 4.98 Å². The van der Waals surface area contributed by atoms with Gasteiger partial charge in [0.15, 0.2) is 0 Å². The maximum Gasteiger partial charge on any atom is 0.0346 e. The summed E-state index contributed by atoms with van der Waals surface area (Å²) in [5, 5.41) is 2.45. The number of pyridine rings is 1. The minimum Gasteiger partial charge on any atom is -0.264 e. The van der Waals surface area contributed by atoms with Crippen molar-refractivity contribution < 1.29 is 0 Å². The molecule has 0 unspecified atom stereocenters. The average molecular weight is 143 g/mol. The molecule has 53 valence electrons. The van der Waals surface area contributed by atoms with E-state index in [1.807, 2.05) is 30.6 Å². The molecule has 2 rings (SSSR count). The van der Waals surface area contributed by atoms with Crippen LogP contribution in [0.25, 0.3) is 10.8 Å². The lowest BCUT2D eigenvalue weighted by Gasteiger charge is -1.91. The first-order chi connectivity index (χ1) is 4.97. The average Bonchev–Trinajstić information content (AvgIpc) is 2.05. The predicted octanol–water partition coefficient (Wildman–Crippen LogP) is 1.75. The Balaban J connectivity index is 0.000000605. The molecule has 1 aromatic heterocycles. The maximum absolute atomic E-state index is 4.01. The number of nitrogens with zero attached hydrogens (tertiary/aromatic N) is 2. The Hall–Kier alpha value is -1.41. The first-order valence-corrected chi connectivity index (χ1v) is 3.25. The number of aromatic nitrogens is 1. The molecule has 0 aliphatic heterocycles. The molecule has 0 fully saturated rings. The van der Waals surface area contributed by atoms with E-state index in [1.165, 1.54) is 10.8 Å². The molecule has 0 bridgehead atoms. The molecule has 2 aromatic rings. The Morgan fingerprint density at radius 1 is 0.909 bits per heavy atom. The molecule has 0 aliphatic rings. The topological polar surface area (TPSA) is 43.4 Å². The van der Waals surface area contributed by atoms with Gasteiger partial charge in [0, 0.05) is 18.5 Å². The van der Waals surface area contributed by atoms with E-state index in [9.17, 15) is 0 Å². The molecule has 0 atom stereocenters. The summed E-state index contributed by atoms with van der Waals surface area (Å²) in [6.45, 7) is 0. The van der Waals surface area contributed by atoms with Gasteiger partial charge in [0.1, 0.15) is 0 Å². The van der Waals surface area contributed by atoms with Gasteiger partial charge >= 0.3 is 0 Å². The zero-order valence-electron chi connectivity index (χ0n) is 5.94.